The zero-order valence-electron chi connectivity index (χ0n) is 26.8. The van der Waals surface area contributed by atoms with Gasteiger partial charge in [-0.3, -0.25) is 0 Å². The first kappa shape index (κ1) is 28.2. The third-order valence-electron chi connectivity index (χ3n) is 9.42. The highest BCUT2D eigenvalue weighted by atomic mass is 16.3. The van der Waals surface area contributed by atoms with Gasteiger partial charge in [0.15, 0.2) is 0 Å². The van der Waals surface area contributed by atoms with Gasteiger partial charge in [-0.1, -0.05) is 131 Å². The standard InChI is InChI=1S/C43H38N2O/c1-27(2)36-25-32(31-23-21-30(22-24-31)29-13-6-5-7-14-29)26-37(28(3)4)41(36)45-39-19-10-9-18-38(39)44-43(45)35-17-12-16-34-33-15-8-11-20-40(33)46-42(34)35/h5-28,43-44H,1-4H3. The topological polar surface area (TPSA) is 28.4 Å². The number of furan rings is 1. The summed E-state index contributed by atoms with van der Waals surface area (Å²) in [7, 11) is 0. The molecular formula is C43H38N2O. The maximum Gasteiger partial charge on any atom is 0.142 e. The highest BCUT2D eigenvalue weighted by Gasteiger charge is 2.36. The molecule has 2 heterocycles. The zero-order chi connectivity index (χ0) is 31.4. The molecule has 0 radical (unpaired) electrons. The molecule has 3 heteroatoms. The molecule has 0 aliphatic carbocycles. The van der Waals surface area contributed by atoms with Gasteiger partial charge in [0.05, 0.1) is 17.1 Å². The molecule has 1 aliphatic rings. The van der Waals surface area contributed by atoms with Gasteiger partial charge in [-0.05, 0) is 75.5 Å². The average Bonchev–Trinajstić information content (AvgIpc) is 3.67. The van der Waals surface area contributed by atoms with E-state index in [1.807, 2.05) is 6.07 Å². The van der Waals surface area contributed by atoms with Crippen LogP contribution < -0.4 is 10.2 Å². The molecule has 0 spiro atoms. The highest BCUT2D eigenvalue weighted by Crippen LogP contribution is 2.52. The Morgan fingerprint density at radius 3 is 1.87 bits per heavy atom. The van der Waals surface area contributed by atoms with Crippen molar-refractivity contribution in [2.24, 2.45) is 0 Å². The second-order valence-electron chi connectivity index (χ2n) is 13.0. The van der Waals surface area contributed by atoms with E-state index in [1.54, 1.807) is 0 Å². The fourth-order valence-electron chi connectivity index (χ4n) is 7.10. The Morgan fingerprint density at radius 2 is 1.15 bits per heavy atom. The van der Waals surface area contributed by atoms with E-state index in [1.165, 1.54) is 44.8 Å². The van der Waals surface area contributed by atoms with Gasteiger partial charge in [-0.15, -0.1) is 0 Å². The number of benzene rings is 6. The minimum absolute atomic E-state index is 0.132. The van der Waals surface area contributed by atoms with Gasteiger partial charge in [0.2, 0.25) is 0 Å². The Balaban J connectivity index is 1.31. The SMILES string of the molecule is CC(C)c1cc(-c2ccc(-c3ccccc3)cc2)cc(C(C)C)c1N1c2ccccc2NC1c1cccc2c1oc1ccccc12. The van der Waals surface area contributed by atoms with Crippen molar-refractivity contribution in [3.8, 4) is 22.3 Å². The van der Waals surface area contributed by atoms with Crippen molar-refractivity contribution in [2.45, 2.75) is 45.7 Å². The maximum absolute atomic E-state index is 6.59. The van der Waals surface area contributed by atoms with Crippen LogP contribution in [0.4, 0.5) is 17.1 Å². The van der Waals surface area contributed by atoms with Gasteiger partial charge >= 0.3 is 0 Å². The fraction of sp³-hybridized carbons (Fsp3) is 0.163. The van der Waals surface area contributed by atoms with Crippen LogP contribution >= 0.6 is 0 Å². The van der Waals surface area contributed by atoms with Crippen molar-refractivity contribution in [3.63, 3.8) is 0 Å². The van der Waals surface area contributed by atoms with Crippen molar-refractivity contribution in [2.75, 3.05) is 10.2 Å². The highest BCUT2D eigenvalue weighted by molar-refractivity contribution is 6.06. The molecule has 0 saturated carbocycles. The quantitative estimate of drug-likeness (QED) is 0.206. The molecule has 6 aromatic carbocycles. The van der Waals surface area contributed by atoms with Crippen molar-refractivity contribution >= 4 is 39.0 Å². The number of fused-ring (bicyclic) bond motifs is 4. The second kappa shape index (κ2) is 11.3. The first-order valence-corrected chi connectivity index (χ1v) is 16.4. The first-order chi connectivity index (χ1) is 22.5. The number of para-hydroxylation sites is 4. The van der Waals surface area contributed by atoms with Gasteiger partial charge in [0.25, 0.3) is 0 Å². The van der Waals surface area contributed by atoms with Gasteiger partial charge < -0.3 is 14.6 Å². The largest absolute Gasteiger partial charge is 0.456 e. The number of rotatable bonds is 6. The van der Waals surface area contributed by atoms with Crippen LogP contribution in [-0.4, -0.2) is 0 Å². The van der Waals surface area contributed by atoms with Crippen LogP contribution in [0.5, 0.6) is 0 Å². The zero-order valence-corrected chi connectivity index (χ0v) is 26.8. The summed E-state index contributed by atoms with van der Waals surface area (Å²) in [6.07, 6.45) is -0.132. The van der Waals surface area contributed by atoms with Crippen molar-refractivity contribution < 1.29 is 4.42 Å². The van der Waals surface area contributed by atoms with Crippen LogP contribution in [0.25, 0.3) is 44.2 Å². The number of nitrogens with zero attached hydrogens (tertiary/aromatic N) is 1. The molecule has 0 amide bonds. The molecule has 7 aromatic rings. The van der Waals surface area contributed by atoms with E-state index < -0.39 is 0 Å². The predicted molar refractivity (Wildman–Crippen MR) is 194 cm³/mol. The molecule has 0 bridgehead atoms. The van der Waals surface area contributed by atoms with Crippen LogP contribution in [0.1, 0.15) is 62.4 Å². The summed E-state index contributed by atoms with van der Waals surface area (Å²) < 4.78 is 6.59. The molecule has 0 saturated heterocycles. The molecule has 3 nitrogen and oxygen atoms in total. The first-order valence-electron chi connectivity index (χ1n) is 16.4. The predicted octanol–water partition coefficient (Wildman–Crippen LogP) is 12.4. The van der Waals surface area contributed by atoms with E-state index >= 15 is 0 Å². The number of nitrogens with one attached hydrogen (secondary N) is 1. The number of hydrogen-bond acceptors (Lipinski definition) is 3. The Labute approximate surface area is 271 Å². The van der Waals surface area contributed by atoms with Crippen molar-refractivity contribution in [1.29, 1.82) is 0 Å². The molecule has 46 heavy (non-hydrogen) atoms. The van der Waals surface area contributed by atoms with Crippen LogP contribution in [0.2, 0.25) is 0 Å². The average molecular weight is 599 g/mol. The third-order valence-corrected chi connectivity index (χ3v) is 9.42. The lowest BCUT2D eigenvalue weighted by Gasteiger charge is -2.34. The molecule has 8 rings (SSSR count). The lowest BCUT2D eigenvalue weighted by molar-refractivity contribution is 0.655. The summed E-state index contributed by atoms with van der Waals surface area (Å²) in [5.74, 6) is 0.623. The van der Waals surface area contributed by atoms with Crippen LogP contribution in [0.3, 0.4) is 0 Å². The van der Waals surface area contributed by atoms with E-state index in [9.17, 15) is 0 Å². The van der Waals surface area contributed by atoms with E-state index in [2.05, 4.69) is 165 Å². The van der Waals surface area contributed by atoms with Crippen LogP contribution in [0.15, 0.2) is 138 Å². The second-order valence-corrected chi connectivity index (χ2v) is 13.0. The van der Waals surface area contributed by atoms with E-state index in [4.69, 9.17) is 4.42 Å². The number of anilines is 3. The fourth-order valence-corrected chi connectivity index (χ4v) is 7.10. The Bertz CT molecular complexity index is 2160. The van der Waals surface area contributed by atoms with E-state index in [-0.39, 0.29) is 6.17 Å². The monoisotopic (exact) mass is 598 g/mol. The molecule has 1 aromatic heterocycles. The molecule has 0 fully saturated rings. The Morgan fingerprint density at radius 1 is 0.565 bits per heavy atom. The summed E-state index contributed by atoms with van der Waals surface area (Å²) in [4.78, 5) is 2.53. The Hall–Kier alpha value is -5.28. The molecular weight excluding hydrogens is 560 g/mol. The van der Waals surface area contributed by atoms with Gasteiger partial charge in [-0.2, -0.15) is 0 Å². The van der Waals surface area contributed by atoms with Crippen molar-refractivity contribution in [3.05, 3.63) is 150 Å². The number of hydrogen-bond donors (Lipinski definition) is 1. The molecule has 1 aliphatic heterocycles. The summed E-state index contributed by atoms with van der Waals surface area (Å²) in [5.41, 5.74) is 14.2. The molecule has 1 unspecified atom stereocenters. The normalized spacial score (nSPS) is 14.4. The maximum atomic E-state index is 6.59. The van der Waals surface area contributed by atoms with Gasteiger partial charge in [0.1, 0.15) is 17.3 Å². The van der Waals surface area contributed by atoms with E-state index in [0.29, 0.717) is 11.8 Å². The van der Waals surface area contributed by atoms with Crippen molar-refractivity contribution in [1.82, 2.24) is 0 Å². The summed E-state index contributed by atoms with van der Waals surface area (Å²) in [6.45, 7) is 9.26. The molecule has 1 atom stereocenters. The van der Waals surface area contributed by atoms with Crippen LogP contribution in [0, 0.1) is 0 Å². The molecule has 1 N–H and O–H groups in total. The third kappa shape index (κ3) is 4.66. The summed E-state index contributed by atoms with van der Waals surface area (Å²) in [5, 5.41) is 6.20. The molecule has 226 valence electrons. The van der Waals surface area contributed by atoms with Gasteiger partial charge in [0, 0.05) is 16.3 Å². The van der Waals surface area contributed by atoms with Gasteiger partial charge in [-0.25, -0.2) is 0 Å². The minimum Gasteiger partial charge on any atom is -0.456 e. The summed E-state index contributed by atoms with van der Waals surface area (Å²) in [6, 6.07) is 48.0. The summed E-state index contributed by atoms with van der Waals surface area (Å²) >= 11 is 0. The van der Waals surface area contributed by atoms with Crippen LogP contribution in [-0.2, 0) is 0 Å². The Kier molecular flexibility index (Phi) is 6.91. The lowest BCUT2D eigenvalue weighted by atomic mass is 9.87. The van der Waals surface area contributed by atoms with E-state index in [0.717, 1.165) is 33.2 Å². The smallest absolute Gasteiger partial charge is 0.142 e. The minimum atomic E-state index is -0.132. The lowest BCUT2D eigenvalue weighted by Crippen LogP contribution is -2.26.